The Morgan fingerprint density at radius 1 is 1.43 bits per heavy atom. The second-order valence-corrected chi connectivity index (χ2v) is 5.06. The van der Waals surface area contributed by atoms with Gasteiger partial charge in [-0.3, -0.25) is 0 Å². The predicted molar refractivity (Wildman–Crippen MR) is 57.6 cm³/mol. The molecule has 0 aromatic rings. The van der Waals surface area contributed by atoms with Gasteiger partial charge >= 0.3 is 0 Å². The van der Waals surface area contributed by atoms with Crippen LogP contribution in [-0.4, -0.2) is 43.3 Å². The number of rotatable bonds is 8. The van der Waals surface area contributed by atoms with Gasteiger partial charge in [0.05, 0.1) is 12.4 Å². The molecule has 0 spiro atoms. The Hall–Kier alpha value is -0.390. The topological polar surface area (TPSA) is 57.6 Å². The fraction of sp³-hybridized carbons (Fsp3) is 0.778. The molecule has 0 radical (unpaired) electrons. The van der Waals surface area contributed by atoms with Crippen LogP contribution in [-0.2, 0) is 10.0 Å². The average Bonchev–Trinajstić information content (AvgIpc) is 2.11. The van der Waals surface area contributed by atoms with E-state index in [-0.39, 0.29) is 18.9 Å². The van der Waals surface area contributed by atoms with Crippen molar-refractivity contribution in [2.75, 3.05) is 25.4 Å². The van der Waals surface area contributed by atoms with Gasteiger partial charge in [-0.15, -0.1) is 6.58 Å². The highest BCUT2D eigenvalue weighted by Gasteiger charge is 2.18. The average molecular weight is 221 g/mol. The second-order valence-electron chi connectivity index (χ2n) is 3.04. The van der Waals surface area contributed by atoms with E-state index >= 15 is 0 Å². The third-order valence-electron chi connectivity index (χ3n) is 1.83. The Kier molecular flexibility index (Phi) is 6.78. The van der Waals surface area contributed by atoms with Crippen LogP contribution in [0.4, 0.5) is 0 Å². The lowest BCUT2D eigenvalue weighted by molar-refractivity contribution is 0.252. The van der Waals surface area contributed by atoms with E-state index in [9.17, 15) is 8.42 Å². The van der Waals surface area contributed by atoms with Crippen LogP contribution in [0.25, 0.3) is 0 Å². The van der Waals surface area contributed by atoms with Crippen molar-refractivity contribution in [3.05, 3.63) is 12.7 Å². The maximum atomic E-state index is 11.6. The molecule has 0 unspecified atom stereocenters. The molecule has 4 nitrogen and oxygen atoms in total. The zero-order valence-corrected chi connectivity index (χ0v) is 9.46. The first kappa shape index (κ1) is 13.6. The van der Waals surface area contributed by atoms with Crippen molar-refractivity contribution in [2.24, 2.45) is 0 Å². The Morgan fingerprint density at radius 2 is 2.07 bits per heavy atom. The Balaban J connectivity index is 4.37. The van der Waals surface area contributed by atoms with Crippen molar-refractivity contribution >= 4 is 10.0 Å². The Bertz CT molecular complexity index is 249. The number of hydrogen-bond acceptors (Lipinski definition) is 3. The van der Waals surface area contributed by atoms with Crippen molar-refractivity contribution in [3.8, 4) is 0 Å². The summed E-state index contributed by atoms with van der Waals surface area (Å²) in [4.78, 5) is 0. The van der Waals surface area contributed by atoms with Gasteiger partial charge in [0.1, 0.15) is 0 Å². The molecule has 0 aliphatic rings. The first-order chi connectivity index (χ1) is 6.58. The summed E-state index contributed by atoms with van der Waals surface area (Å²) in [5, 5.41) is 8.74. The van der Waals surface area contributed by atoms with E-state index in [1.54, 1.807) is 0 Å². The van der Waals surface area contributed by atoms with Crippen molar-refractivity contribution < 1.29 is 13.5 Å². The number of sulfonamides is 1. The van der Waals surface area contributed by atoms with E-state index in [0.717, 1.165) is 12.8 Å². The Labute approximate surface area is 86.3 Å². The minimum absolute atomic E-state index is 0.0588. The van der Waals surface area contributed by atoms with Crippen LogP contribution in [0.15, 0.2) is 12.7 Å². The molecule has 0 atom stereocenters. The van der Waals surface area contributed by atoms with E-state index in [0.29, 0.717) is 6.54 Å². The number of aliphatic hydroxyl groups is 1. The normalized spacial score (nSPS) is 11.9. The Morgan fingerprint density at radius 3 is 2.50 bits per heavy atom. The second kappa shape index (κ2) is 6.98. The summed E-state index contributed by atoms with van der Waals surface area (Å²) in [6.07, 6.45) is 3.12. The molecule has 0 rings (SSSR count). The van der Waals surface area contributed by atoms with Gasteiger partial charge in [-0.1, -0.05) is 19.4 Å². The SMILES string of the molecule is C=CCS(=O)(=O)N(CCO)CCCC. The molecule has 0 fully saturated rings. The first-order valence-electron chi connectivity index (χ1n) is 4.78. The monoisotopic (exact) mass is 221 g/mol. The molecule has 14 heavy (non-hydrogen) atoms. The smallest absolute Gasteiger partial charge is 0.217 e. The van der Waals surface area contributed by atoms with E-state index in [2.05, 4.69) is 6.58 Å². The van der Waals surface area contributed by atoms with Gasteiger partial charge in [0.15, 0.2) is 0 Å². The highest BCUT2D eigenvalue weighted by Crippen LogP contribution is 2.04. The lowest BCUT2D eigenvalue weighted by Gasteiger charge is -2.19. The van der Waals surface area contributed by atoms with Crippen molar-refractivity contribution in [2.45, 2.75) is 19.8 Å². The van der Waals surface area contributed by atoms with Gasteiger partial charge in [-0.2, -0.15) is 4.31 Å². The highest BCUT2D eigenvalue weighted by molar-refractivity contribution is 7.89. The summed E-state index contributed by atoms with van der Waals surface area (Å²) >= 11 is 0. The molecular formula is C9H19NO3S. The molecule has 0 heterocycles. The van der Waals surface area contributed by atoms with E-state index in [4.69, 9.17) is 5.11 Å². The summed E-state index contributed by atoms with van der Waals surface area (Å²) in [6, 6.07) is 0. The van der Waals surface area contributed by atoms with Crippen molar-refractivity contribution in [3.63, 3.8) is 0 Å². The number of hydrogen-bond donors (Lipinski definition) is 1. The number of aliphatic hydroxyl groups excluding tert-OH is 1. The third-order valence-corrected chi connectivity index (χ3v) is 3.64. The highest BCUT2D eigenvalue weighted by atomic mass is 32.2. The summed E-state index contributed by atoms with van der Waals surface area (Å²) in [6.45, 7) is 5.91. The van der Waals surface area contributed by atoms with Crippen LogP contribution in [0.2, 0.25) is 0 Å². The summed E-state index contributed by atoms with van der Waals surface area (Å²) in [5.41, 5.74) is 0. The van der Waals surface area contributed by atoms with Gasteiger partial charge in [-0.25, -0.2) is 8.42 Å². The van der Waals surface area contributed by atoms with Gasteiger partial charge in [-0.05, 0) is 6.42 Å². The maximum absolute atomic E-state index is 11.6. The summed E-state index contributed by atoms with van der Waals surface area (Å²) < 4.78 is 24.5. The van der Waals surface area contributed by atoms with Crippen molar-refractivity contribution in [1.82, 2.24) is 4.31 Å². The number of unbranched alkanes of at least 4 members (excludes halogenated alkanes) is 1. The standard InChI is InChI=1S/C9H19NO3S/c1-3-5-6-10(7-8-11)14(12,13)9-4-2/h4,11H,2-3,5-9H2,1H3. The quantitative estimate of drug-likeness (QED) is 0.611. The lowest BCUT2D eigenvalue weighted by Crippen LogP contribution is -2.35. The van der Waals surface area contributed by atoms with Gasteiger partial charge in [0, 0.05) is 13.1 Å². The van der Waals surface area contributed by atoms with Gasteiger partial charge in [0.25, 0.3) is 0 Å². The zero-order chi connectivity index (χ0) is 11.0. The molecule has 0 aromatic heterocycles. The van der Waals surface area contributed by atoms with Crippen LogP contribution >= 0.6 is 0 Å². The molecule has 0 aliphatic heterocycles. The molecular weight excluding hydrogens is 202 g/mol. The fourth-order valence-electron chi connectivity index (χ4n) is 1.09. The summed E-state index contributed by atoms with van der Waals surface area (Å²) in [7, 11) is -3.25. The molecule has 0 saturated carbocycles. The van der Waals surface area contributed by atoms with Crippen LogP contribution in [0, 0.1) is 0 Å². The minimum Gasteiger partial charge on any atom is -0.395 e. The molecule has 0 amide bonds. The maximum Gasteiger partial charge on any atom is 0.217 e. The molecule has 1 N–H and O–H groups in total. The van der Waals surface area contributed by atoms with Gasteiger partial charge in [0.2, 0.25) is 10.0 Å². The van der Waals surface area contributed by atoms with E-state index in [1.807, 2.05) is 6.92 Å². The zero-order valence-electron chi connectivity index (χ0n) is 8.65. The molecule has 0 aromatic carbocycles. The summed E-state index contributed by atoms with van der Waals surface area (Å²) in [5.74, 6) is -0.0588. The lowest BCUT2D eigenvalue weighted by atomic mass is 10.3. The van der Waals surface area contributed by atoms with Crippen LogP contribution in [0.1, 0.15) is 19.8 Å². The molecule has 5 heteroatoms. The van der Waals surface area contributed by atoms with Crippen LogP contribution in [0.3, 0.4) is 0 Å². The molecule has 0 aliphatic carbocycles. The van der Waals surface area contributed by atoms with Crippen LogP contribution < -0.4 is 0 Å². The van der Waals surface area contributed by atoms with Crippen LogP contribution in [0.5, 0.6) is 0 Å². The number of nitrogens with zero attached hydrogens (tertiary/aromatic N) is 1. The molecule has 0 saturated heterocycles. The predicted octanol–water partition coefficient (Wildman–Crippen LogP) is 0.597. The molecule has 0 bridgehead atoms. The van der Waals surface area contributed by atoms with E-state index in [1.165, 1.54) is 10.4 Å². The molecule has 84 valence electrons. The van der Waals surface area contributed by atoms with Crippen molar-refractivity contribution in [1.29, 1.82) is 0 Å². The third kappa shape index (κ3) is 4.74. The largest absolute Gasteiger partial charge is 0.395 e. The minimum atomic E-state index is -3.25. The first-order valence-corrected chi connectivity index (χ1v) is 6.39. The van der Waals surface area contributed by atoms with Gasteiger partial charge < -0.3 is 5.11 Å². The fourth-order valence-corrected chi connectivity index (χ4v) is 2.37. The van der Waals surface area contributed by atoms with E-state index < -0.39 is 10.0 Å².